The van der Waals surface area contributed by atoms with Gasteiger partial charge in [-0.05, 0) is 49.7 Å². The zero-order chi connectivity index (χ0) is 20.4. The van der Waals surface area contributed by atoms with Crippen molar-refractivity contribution < 1.29 is 4.79 Å². The maximum atomic E-state index is 12.9. The minimum atomic E-state index is 0.116. The van der Waals surface area contributed by atoms with E-state index in [9.17, 15) is 9.59 Å². The molecular weight excluding hydrogens is 364 g/mol. The number of likely N-dealkylation sites (tertiary alicyclic amines) is 1. The molecule has 1 fully saturated rings. The van der Waals surface area contributed by atoms with E-state index in [-0.39, 0.29) is 23.4 Å². The second-order valence-corrected chi connectivity index (χ2v) is 9.06. The first-order valence-electron chi connectivity index (χ1n) is 11.0. The van der Waals surface area contributed by atoms with E-state index in [4.69, 9.17) is 0 Å². The number of amides is 1. The minimum Gasteiger partial charge on any atom is -0.342 e. The van der Waals surface area contributed by atoms with Gasteiger partial charge in [0.2, 0.25) is 5.91 Å². The number of hydrogen-bond donors (Lipinski definition) is 0. The highest BCUT2D eigenvalue weighted by molar-refractivity contribution is 5.76. The van der Waals surface area contributed by atoms with E-state index in [1.54, 1.807) is 12.3 Å². The number of fused-ring (bicyclic) bond motifs is 4. The highest BCUT2D eigenvalue weighted by Gasteiger charge is 2.41. The topological polar surface area (TPSA) is 60.1 Å². The minimum absolute atomic E-state index is 0.116. The first-order chi connectivity index (χ1) is 14.0. The van der Waals surface area contributed by atoms with Crippen molar-refractivity contribution in [2.45, 2.75) is 64.5 Å². The summed E-state index contributed by atoms with van der Waals surface area (Å²) in [7, 11) is 0. The van der Waals surface area contributed by atoms with Crippen LogP contribution in [0.15, 0.2) is 41.5 Å². The molecule has 0 aliphatic carbocycles. The lowest BCUT2D eigenvalue weighted by Crippen LogP contribution is -2.51. The number of carbonyl (C=O) groups excluding carboxylic acids is 1. The predicted molar refractivity (Wildman–Crippen MR) is 113 cm³/mol. The van der Waals surface area contributed by atoms with E-state index in [1.807, 2.05) is 23.0 Å². The van der Waals surface area contributed by atoms with Gasteiger partial charge in [-0.15, -0.1) is 0 Å². The molecule has 0 radical (unpaired) electrons. The molecule has 0 unspecified atom stereocenters. The van der Waals surface area contributed by atoms with Gasteiger partial charge in [0.1, 0.15) is 0 Å². The highest BCUT2D eigenvalue weighted by atomic mass is 16.2. The van der Waals surface area contributed by atoms with Crippen LogP contribution >= 0.6 is 0 Å². The van der Waals surface area contributed by atoms with Gasteiger partial charge in [-0.3, -0.25) is 14.3 Å². The van der Waals surface area contributed by atoms with Crippen LogP contribution in [0.25, 0.3) is 0 Å². The summed E-state index contributed by atoms with van der Waals surface area (Å²) in [5.41, 5.74) is 1.24. The summed E-state index contributed by atoms with van der Waals surface area (Å²) in [5.74, 6) is 1.49. The summed E-state index contributed by atoms with van der Waals surface area (Å²) in [5, 5.41) is 4.21. The molecule has 6 nitrogen and oxygen atoms in total. The molecule has 29 heavy (non-hydrogen) atoms. The number of hydrogen-bond acceptors (Lipinski definition) is 3. The van der Waals surface area contributed by atoms with Gasteiger partial charge < -0.3 is 9.47 Å². The molecule has 2 aliphatic rings. The lowest BCUT2D eigenvalue weighted by Gasteiger charge is -2.47. The quantitative estimate of drug-likeness (QED) is 0.720. The highest BCUT2D eigenvalue weighted by Crippen LogP contribution is 2.43. The van der Waals surface area contributed by atoms with Crippen molar-refractivity contribution >= 4 is 5.91 Å². The number of carbonyl (C=O) groups is 1. The fraction of sp³-hybridized carbons (Fsp3) is 0.609. The third-order valence-electron chi connectivity index (χ3n) is 6.53. The Balaban J connectivity index is 1.48. The third kappa shape index (κ3) is 4.31. The number of piperidine rings is 1. The molecule has 4 rings (SSSR count). The Morgan fingerprint density at radius 2 is 2.10 bits per heavy atom. The smallest absolute Gasteiger partial charge is 0.250 e. The average Bonchev–Trinajstić information content (AvgIpc) is 3.21. The number of nitrogens with zero attached hydrogens (tertiary/aromatic N) is 4. The van der Waals surface area contributed by atoms with Crippen molar-refractivity contribution in [3.05, 3.63) is 52.7 Å². The molecule has 2 aromatic rings. The van der Waals surface area contributed by atoms with Crippen molar-refractivity contribution in [3.8, 4) is 0 Å². The van der Waals surface area contributed by atoms with Gasteiger partial charge in [0, 0.05) is 62.2 Å². The lowest BCUT2D eigenvalue weighted by atomic mass is 9.76. The van der Waals surface area contributed by atoms with Gasteiger partial charge in [-0.25, -0.2) is 0 Å². The fourth-order valence-electron chi connectivity index (χ4n) is 5.10. The van der Waals surface area contributed by atoms with Crippen LogP contribution in [0, 0.1) is 11.8 Å². The van der Waals surface area contributed by atoms with Crippen LogP contribution < -0.4 is 5.56 Å². The molecule has 1 amide bonds. The Labute approximate surface area is 172 Å². The molecule has 156 valence electrons. The maximum Gasteiger partial charge on any atom is 0.250 e. The van der Waals surface area contributed by atoms with Crippen molar-refractivity contribution in [1.29, 1.82) is 0 Å². The van der Waals surface area contributed by atoms with Crippen LogP contribution in [0.1, 0.15) is 63.6 Å². The van der Waals surface area contributed by atoms with Gasteiger partial charge in [0.05, 0.1) is 0 Å². The summed E-state index contributed by atoms with van der Waals surface area (Å²) < 4.78 is 3.93. The zero-order valence-electron chi connectivity index (χ0n) is 17.5. The molecule has 2 aromatic heterocycles. The van der Waals surface area contributed by atoms with Gasteiger partial charge in [0.25, 0.3) is 5.56 Å². The molecule has 3 atom stereocenters. The van der Waals surface area contributed by atoms with E-state index in [0.717, 1.165) is 51.0 Å². The van der Waals surface area contributed by atoms with Crippen LogP contribution in [-0.4, -0.2) is 38.2 Å². The SMILES string of the molecule is CC(C)CC[C@H]1[C@H]2C[C@H](CN(C(=O)CCCn3cccn3)C2)c2cccc(=O)n21. The van der Waals surface area contributed by atoms with E-state index < -0.39 is 0 Å². The summed E-state index contributed by atoms with van der Waals surface area (Å²) in [6, 6.07) is 7.77. The fourth-order valence-corrected chi connectivity index (χ4v) is 5.10. The second-order valence-electron chi connectivity index (χ2n) is 9.06. The predicted octanol–water partition coefficient (Wildman–Crippen LogP) is 3.45. The molecule has 2 aliphatic heterocycles. The summed E-state index contributed by atoms with van der Waals surface area (Å²) in [6.45, 7) is 6.75. The molecular formula is C23H32N4O2. The van der Waals surface area contributed by atoms with Gasteiger partial charge in [0.15, 0.2) is 0 Å². The molecule has 6 heteroatoms. The van der Waals surface area contributed by atoms with Crippen LogP contribution in [0.4, 0.5) is 0 Å². The van der Waals surface area contributed by atoms with Gasteiger partial charge in [-0.1, -0.05) is 19.9 Å². The van der Waals surface area contributed by atoms with Crippen molar-refractivity contribution in [3.63, 3.8) is 0 Å². The van der Waals surface area contributed by atoms with Crippen LogP contribution in [0.2, 0.25) is 0 Å². The third-order valence-corrected chi connectivity index (χ3v) is 6.53. The average molecular weight is 397 g/mol. The monoisotopic (exact) mass is 396 g/mol. The molecule has 2 bridgehead atoms. The Hall–Kier alpha value is -2.37. The van der Waals surface area contributed by atoms with Crippen LogP contribution in [-0.2, 0) is 11.3 Å². The Morgan fingerprint density at radius 3 is 2.86 bits per heavy atom. The van der Waals surface area contributed by atoms with E-state index in [0.29, 0.717) is 18.3 Å². The van der Waals surface area contributed by atoms with Crippen LogP contribution in [0.3, 0.4) is 0 Å². The Morgan fingerprint density at radius 1 is 1.24 bits per heavy atom. The number of rotatable bonds is 7. The number of aromatic nitrogens is 3. The molecule has 0 spiro atoms. The van der Waals surface area contributed by atoms with Crippen molar-refractivity contribution in [1.82, 2.24) is 19.2 Å². The standard InChI is InChI=1S/C23H32N4O2/c1-17(2)9-10-21-19-14-18(20-6-3-7-23(29)27(20)21)15-25(16-19)22(28)8-4-12-26-13-5-11-24-26/h3,5-7,11,13,17-19,21H,4,8-10,12,14-16H2,1-2H3/t18-,19+,21+/m1/s1. The lowest BCUT2D eigenvalue weighted by molar-refractivity contribution is -0.134. The molecule has 0 aromatic carbocycles. The van der Waals surface area contributed by atoms with Crippen molar-refractivity contribution in [2.75, 3.05) is 13.1 Å². The molecule has 1 saturated heterocycles. The normalized spacial score (nSPS) is 23.3. The van der Waals surface area contributed by atoms with Gasteiger partial charge >= 0.3 is 0 Å². The molecule has 0 saturated carbocycles. The number of aryl methyl sites for hydroxylation is 1. The first kappa shape index (κ1) is 19.9. The molecule has 0 N–H and O–H groups in total. The number of pyridine rings is 1. The Bertz CT molecular complexity index is 887. The largest absolute Gasteiger partial charge is 0.342 e. The summed E-state index contributed by atoms with van der Waals surface area (Å²) in [6.07, 6.45) is 8.26. The zero-order valence-corrected chi connectivity index (χ0v) is 17.5. The molecule has 4 heterocycles. The maximum absolute atomic E-state index is 12.9. The Kier molecular flexibility index (Phi) is 5.88. The summed E-state index contributed by atoms with van der Waals surface area (Å²) in [4.78, 5) is 27.7. The van der Waals surface area contributed by atoms with Crippen molar-refractivity contribution in [2.24, 2.45) is 11.8 Å². The van der Waals surface area contributed by atoms with Gasteiger partial charge in [-0.2, -0.15) is 5.10 Å². The summed E-state index contributed by atoms with van der Waals surface area (Å²) >= 11 is 0. The first-order valence-corrected chi connectivity index (χ1v) is 11.0. The van der Waals surface area contributed by atoms with Crippen LogP contribution in [0.5, 0.6) is 0 Å². The second kappa shape index (κ2) is 8.56. The van der Waals surface area contributed by atoms with E-state index in [1.165, 1.54) is 0 Å². The van der Waals surface area contributed by atoms with E-state index in [2.05, 4.69) is 34.5 Å². The van der Waals surface area contributed by atoms with E-state index >= 15 is 0 Å².